The maximum Gasteiger partial charge on any atom is 0.152 e. The van der Waals surface area contributed by atoms with Crippen molar-refractivity contribution in [2.45, 2.75) is 6.42 Å². The molecule has 4 heteroatoms. The van der Waals surface area contributed by atoms with Crippen LogP contribution in [0.15, 0.2) is 17.1 Å². The molecule has 0 spiro atoms. The molecular formula is C8H6F2N2. The number of hydrogen-bond acceptors (Lipinski definition) is 2. The van der Waals surface area contributed by atoms with Crippen LogP contribution in [0.3, 0.4) is 0 Å². The van der Waals surface area contributed by atoms with Gasteiger partial charge in [0.05, 0.1) is 0 Å². The minimum absolute atomic E-state index is 0.175. The molecular weight excluding hydrogens is 162 g/mol. The first-order valence-electron chi connectivity index (χ1n) is 3.48. The summed E-state index contributed by atoms with van der Waals surface area (Å²) < 4.78 is 25.5. The van der Waals surface area contributed by atoms with E-state index in [1.807, 2.05) is 0 Å². The smallest absolute Gasteiger partial charge is 0.152 e. The van der Waals surface area contributed by atoms with Crippen molar-refractivity contribution in [1.29, 1.82) is 0 Å². The van der Waals surface area contributed by atoms with Crippen molar-refractivity contribution in [2.24, 2.45) is 10.7 Å². The Bertz CT molecular complexity index is 372. The molecule has 0 bridgehead atoms. The lowest BCUT2D eigenvalue weighted by atomic mass is 10.1. The van der Waals surface area contributed by atoms with Gasteiger partial charge in [0.25, 0.3) is 0 Å². The monoisotopic (exact) mass is 168 g/mol. The molecule has 0 fully saturated rings. The van der Waals surface area contributed by atoms with Gasteiger partial charge in [0, 0.05) is 12.5 Å². The average Bonchev–Trinajstić information content (AvgIpc) is 2.29. The lowest BCUT2D eigenvalue weighted by Crippen LogP contribution is -2.09. The van der Waals surface area contributed by atoms with Crippen LogP contribution in [0, 0.1) is 11.6 Å². The SMILES string of the molecule is NC1=Nc2c(F)cc(F)cc2C1. The number of rotatable bonds is 0. The number of nitrogens with zero attached hydrogens (tertiary/aromatic N) is 1. The van der Waals surface area contributed by atoms with E-state index < -0.39 is 11.6 Å². The minimum Gasteiger partial charge on any atom is -0.387 e. The highest BCUT2D eigenvalue weighted by Crippen LogP contribution is 2.29. The first-order valence-corrected chi connectivity index (χ1v) is 3.48. The van der Waals surface area contributed by atoms with Gasteiger partial charge in [0.2, 0.25) is 0 Å². The van der Waals surface area contributed by atoms with Gasteiger partial charge in [-0.1, -0.05) is 0 Å². The van der Waals surface area contributed by atoms with Gasteiger partial charge in [0.1, 0.15) is 17.3 Å². The van der Waals surface area contributed by atoms with Crippen molar-refractivity contribution in [3.8, 4) is 0 Å². The van der Waals surface area contributed by atoms with Crippen LogP contribution < -0.4 is 5.73 Å². The predicted molar refractivity (Wildman–Crippen MR) is 41.3 cm³/mol. The molecule has 1 aromatic rings. The molecule has 0 aliphatic carbocycles. The van der Waals surface area contributed by atoms with Gasteiger partial charge in [-0.05, 0) is 11.6 Å². The fourth-order valence-corrected chi connectivity index (χ4v) is 1.26. The highest BCUT2D eigenvalue weighted by atomic mass is 19.1. The lowest BCUT2D eigenvalue weighted by Gasteiger charge is -1.97. The fraction of sp³-hybridized carbons (Fsp3) is 0.125. The Hall–Kier alpha value is -1.45. The van der Waals surface area contributed by atoms with Crippen LogP contribution in [0.25, 0.3) is 0 Å². The van der Waals surface area contributed by atoms with Crippen molar-refractivity contribution in [3.05, 3.63) is 29.3 Å². The topological polar surface area (TPSA) is 38.4 Å². The molecule has 2 rings (SSSR count). The number of nitrogens with two attached hydrogens (primary N) is 1. The van der Waals surface area contributed by atoms with Gasteiger partial charge in [-0.15, -0.1) is 0 Å². The molecule has 2 N–H and O–H groups in total. The summed E-state index contributed by atoms with van der Waals surface area (Å²) in [5.41, 5.74) is 6.06. The average molecular weight is 168 g/mol. The number of benzene rings is 1. The molecule has 0 radical (unpaired) electrons. The second kappa shape index (κ2) is 2.27. The molecule has 1 aliphatic heterocycles. The molecule has 0 saturated heterocycles. The summed E-state index contributed by atoms with van der Waals surface area (Å²) in [6, 6.07) is 2.06. The zero-order valence-corrected chi connectivity index (χ0v) is 6.14. The summed E-state index contributed by atoms with van der Waals surface area (Å²) in [6.45, 7) is 0. The van der Waals surface area contributed by atoms with E-state index in [2.05, 4.69) is 4.99 Å². The highest BCUT2D eigenvalue weighted by molar-refractivity contribution is 5.90. The van der Waals surface area contributed by atoms with Crippen LogP contribution in [0.2, 0.25) is 0 Å². The minimum atomic E-state index is -0.648. The molecule has 0 aromatic heterocycles. The molecule has 1 aliphatic rings. The molecule has 1 aromatic carbocycles. The zero-order valence-electron chi connectivity index (χ0n) is 6.14. The second-order valence-corrected chi connectivity index (χ2v) is 2.68. The molecule has 1 heterocycles. The maximum absolute atomic E-state index is 12.9. The Kier molecular flexibility index (Phi) is 1.36. The quantitative estimate of drug-likeness (QED) is 0.626. The van der Waals surface area contributed by atoms with Crippen molar-refractivity contribution in [2.75, 3.05) is 0 Å². The standard InChI is InChI=1S/C8H6F2N2/c9-5-1-4-2-7(11)12-8(4)6(10)3-5/h1,3H,2H2,(H2,11,12). The van der Waals surface area contributed by atoms with Crippen molar-refractivity contribution < 1.29 is 8.78 Å². The summed E-state index contributed by atoms with van der Waals surface area (Å²) in [6.07, 6.45) is 0.337. The van der Waals surface area contributed by atoms with Gasteiger partial charge in [-0.25, -0.2) is 13.8 Å². The number of hydrogen-bond donors (Lipinski definition) is 1. The molecule has 0 saturated carbocycles. The lowest BCUT2D eigenvalue weighted by molar-refractivity contribution is 0.583. The molecule has 2 nitrogen and oxygen atoms in total. The van der Waals surface area contributed by atoms with Gasteiger partial charge in [-0.3, -0.25) is 0 Å². The van der Waals surface area contributed by atoms with Gasteiger partial charge < -0.3 is 5.73 Å². The van der Waals surface area contributed by atoms with Crippen LogP contribution >= 0.6 is 0 Å². The van der Waals surface area contributed by atoms with Crippen LogP contribution in [0.1, 0.15) is 5.56 Å². The first-order chi connectivity index (χ1) is 5.66. The predicted octanol–water partition coefficient (Wildman–Crippen LogP) is 1.51. The van der Waals surface area contributed by atoms with Crippen molar-refractivity contribution >= 4 is 11.5 Å². The highest BCUT2D eigenvalue weighted by Gasteiger charge is 2.17. The fourth-order valence-electron chi connectivity index (χ4n) is 1.26. The summed E-state index contributed by atoms with van der Waals surface area (Å²) >= 11 is 0. The van der Waals surface area contributed by atoms with Crippen molar-refractivity contribution in [1.82, 2.24) is 0 Å². The Morgan fingerprint density at radius 1 is 1.33 bits per heavy atom. The van der Waals surface area contributed by atoms with Crippen LogP contribution in [-0.2, 0) is 6.42 Å². The van der Waals surface area contributed by atoms with E-state index >= 15 is 0 Å². The summed E-state index contributed by atoms with van der Waals surface area (Å²) in [4.78, 5) is 3.75. The largest absolute Gasteiger partial charge is 0.387 e. The summed E-state index contributed by atoms with van der Waals surface area (Å²) in [5, 5.41) is 0. The molecule has 12 heavy (non-hydrogen) atoms. The second-order valence-electron chi connectivity index (χ2n) is 2.68. The Labute approximate surface area is 67.7 Å². The molecule has 0 unspecified atom stereocenters. The molecule has 62 valence electrons. The zero-order chi connectivity index (χ0) is 8.72. The Balaban J connectivity index is 2.62. The van der Waals surface area contributed by atoms with Crippen molar-refractivity contribution in [3.63, 3.8) is 0 Å². The third-order valence-electron chi connectivity index (χ3n) is 1.73. The van der Waals surface area contributed by atoms with E-state index in [1.54, 1.807) is 0 Å². The molecule has 0 atom stereocenters. The normalized spacial score (nSPS) is 14.3. The summed E-state index contributed by atoms with van der Waals surface area (Å²) in [5.74, 6) is -0.906. The number of aliphatic imine (C=N–C) groups is 1. The Morgan fingerprint density at radius 3 is 2.83 bits per heavy atom. The van der Waals surface area contributed by atoms with Gasteiger partial charge in [-0.2, -0.15) is 0 Å². The van der Waals surface area contributed by atoms with E-state index in [4.69, 9.17) is 5.73 Å². The third kappa shape index (κ3) is 0.958. The van der Waals surface area contributed by atoms with Crippen LogP contribution in [0.4, 0.5) is 14.5 Å². The number of fused-ring (bicyclic) bond motifs is 1. The van der Waals surface area contributed by atoms with Crippen LogP contribution in [-0.4, -0.2) is 5.84 Å². The number of halogens is 2. The van der Waals surface area contributed by atoms with E-state index in [1.165, 1.54) is 6.07 Å². The van der Waals surface area contributed by atoms with Gasteiger partial charge >= 0.3 is 0 Å². The van der Waals surface area contributed by atoms with Crippen LogP contribution in [0.5, 0.6) is 0 Å². The number of amidine groups is 1. The first kappa shape index (κ1) is 7.21. The maximum atomic E-state index is 12.9. The van der Waals surface area contributed by atoms with E-state index in [0.717, 1.165) is 6.07 Å². The van der Waals surface area contributed by atoms with Gasteiger partial charge in [0.15, 0.2) is 5.82 Å². The summed E-state index contributed by atoms with van der Waals surface area (Å²) in [7, 11) is 0. The third-order valence-corrected chi connectivity index (χ3v) is 1.73. The molecule has 0 amide bonds. The van der Waals surface area contributed by atoms with E-state index in [-0.39, 0.29) is 5.69 Å². The van der Waals surface area contributed by atoms with E-state index in [0.29, 0.717) is 17.8 Å². The Morgan fingerprint density at radius 2 is 2.08 bits per heavy atom. The van der Waals surface area contributed by atoms with E-state index in [9.17, 15) is 8.78 Å².